The van der Waals surface area contributed by atoms with Gasteiger partial charge >= 0.3 is 5.63 Å². The normalized spacial score (nSPS) is 15.9. The van der Waals surface area contributed by atoms with Crippen molar-refractivity contribution in [1.29, 1.82) is 5.26 Å². The first-order valence-electron chi connectivity index (χ1n) is 8.33. The summed E-state index contributed by atoms with van der Waals surface area (Å²) in [6, 6.07) is 7.85. The van der Waals surface area contributed by atoms with E-state index in [1.54, 1.807) is 7.11 Å². The Hall–Kier alpha value is -2.78. The van der Waals surface area contributed by atoms with Crippen LogP contribution in [0.5, 0.6) is 5.75 Å². The Morgan fingerprint density at radius 1 is 1.24 bits per heavy atom. The van der Waals surface area contributed by atoms with Gasteiger partial charge in [-0.15, -0.1) is 0 Å². The van der Waals surface area contributed by atoms with E-state index in [9.17, 15) is 10.1 Å². The molecule has 0 spiro atoms. The van der Waals surface area contributed by atoms with Crippen molar-refractivity contribution in [2.45, 2.75) is 12.8 Å². The summed E-state index contributed by atoms with van der Waals surface area (Å²) < 4.78 is 16.3. The molecule has 1 aromatic heterocycles. The highest BCUT2D eigenvalue weighted by atomic mass is 16.5. The molecule has 0 bridgehead atoms. The molecule has 2 aliphatic rings. The van der Waals surface area contributed by atoms with Gasteiger partial charge in [-0.1, -0.05) is 6.07 Å². The smallest absolute Gasteiger partial charge is 0.356 e. The van der Waals surface area contributed by atoms with Gasteiger partial charge in [0.25, 0.3) is 0 Å². The SMILES string of the molecule is COc1ccc2c(c1)-c1oc(=O)c(C#N)c(N3CCOCC3)c1CC2. The molecular formula is C19H18N2O4. The van der Waals surface area contributed by atoms with Crippen LogP contribution in [-0.4, -0.2) is 33.4 Å². The van der Waals surface area contributed by atoms with Crippen LogP contribution >= 0.6 is 0 Å². The number of fused-ring (bicyclic) bond motifs is 3. The minimum atomic E-state index is -0.585. The van der Waals surface area contributed by atoms with Crippen molar-refractivity contribution in [1.82, 2.24) is 0 Å². The van der Waals surface area contributed by atoms with Crippen LogP contribution in [0.1, 0.15) is 16.7 Å². The summed E-state index contributed by atoms with van der Waals surface area (Å²) >= 11 is 0. The average molecular weight is 338 g/mol. The van der Waals surface area contributed by atoms with Gasteiger partial charge in [0, 0.05) is 24.2 Å². The third-order valence-electron chi connectivity index (χ3n) is 4.84. The van der Waals surface area contributed by atoms with Gasteiger partial charge in [0.15, 0.2) is 5.56 Å². The number of rotatable bonds is 2. The van der Waals surface area contributed by atoms with E-state index in [1.807, 2.05) is 24.3 Å². The van der Waals surface area contributed by atoms with Crippen molar-refractivity contribution < 1.29 is 13.9 Å². The third kappa shape index (κ3) is 2.57. The minimum Gasteiger partial charge on any atom is -0.497 e. The van der Waals surface area contributed by atoms with Crippen molar-refractivity contribution in [3.8, 4) is 23.1 Å². The van der Waals surface area contributed by atoms with E-state index in [4.69, 9.17) is 13.9 Å². The molecule has 25 heavy (non-hydrogen) atoms. The van der Waals surface area contributed by atoms with Crippen molar-refractivity contribution in [2.24, 2.45) is 0 Å². The van der Waals surface area contributed by atoms with Crippen molar-refractivity contribution in [3.63, 3.8) is 0 Å². The van der Waals surface area contributed by atoms with Gasteiger partial charge < -0.3 is 18.8 Å². The molecule has 1 aliphatic carbocycles. The van der Waals surface area contributed by atoms with E-state index < -0.39 is 5.63 Å². The van der Waals surface area contributed by atoms with Crippen LogP contribution in [0.4, 0.5) is 5.69 Å². The summed E-state index contributed by atoms with van der Waals surface area (Å²) in [5.74, 6) is 1.28. The van der Waals surface area contributed by atoms with E-state index in [-0.39, 0.29) is 5.56 Å². The van der Waals surface area contributed by atoms with Crippen LogP contribution in [0.25, 0.3) is 11.3 Å². The number of benzene rings is 1. The zero-order valence-corrected chi connectivity index (χ0v) is 14.0. The number of ether oxygens (including phenoxy) is 2. The number of hydrogen-bond donors (Lipinski definition) is 0. The number of morpholine rings is 1. The molecule has 0 unspecified atom stereocenters. The number of hydrogen-bond acceptors (Lipinski definition) is 6. The Morgan fingerprint density at radius 3 is 2.76 bits per heavy atom. The summed E-state index contributed by atoms with van der Waals surface area (Å²) in [5, 5.41) is 9.52. The lowest BCUT2D eigenvalue weighted by Gasteiger charge is -2.32. The van der Waals surface area contributed by atoms with Crippen molar-refractivity contribution in [3.05, 3.63) is 45.3 Å². The molecule has 0 atom stereocenters. The second kappa shape index (κ2) is 6.26. The van der Waals surface area contributed by atoms with Crippen molar-refractivity contribution in [2.75, 3.05) is 38.3 Å². The second-order valence-corrected chi connectivity index (χ2v) is 6.16. The van der Waals surface area contributed by atoms with E-state index in [1.165, 1.54) is 0 Å². The maximum absolute atomic E-state index is 12.5. The molecule has 1 aliphatic heterocycles. The van der Waals surface area contributed by atoms with E-state index in [0.29, 0.717) is 43.5 Å². The summed E-state index contributed by atoms with van der Waals surface area (Å²) in [6.45, 7) is 2.50. The van der Waals surface area contributed by atoms with Gasteiger partial charge in [-0.25, -0.2) is 4.79 Å². The molecule has 0 saturated carbocycles. The fourth-order valence-corrected chi connectivity index (χ4v) is 3.62. The number of methoxy groups -OCH3 is 1. The number of aryl methyl sites for hydroxylation is 1. The first-order chi connectivity index (χ1) is 12.2. The molecule has 2 heterocycles. The van der Waals surface area contributed by atoms with Gasteiger partial charge in [0.05, 0.1) is 26.0 Å². The second-order valence-electron chi connectivity index (χ2n) is 6.16. The van der Waals surface area contributed by atoms with Gasteiger partial charge in [0.2, 0.25) is 0 Å². The first-order valence-corrected chi connectivity index (χ1v) is 8.33. The minimum absolute atomic E-state index is 0.0898. The lowest BCUT2D eigenvalue weighted by molar-refractivity contribution is 0.122. The highest BCUT2D eigenvalue weighted by Crippen LogP contribution is 2.40. The van der Waals surface area contributed by atoms with Gasteiger partial charge in [0.1, 0.15) is 17.6 Å². The average Bonchev–Trinajstić information content (AvgIpc) is 2.67. The highest BCUT2D eigenvalue weighted by Gasteiger charge is 2.29. The first kappa shape index (κ1) is 15.7. The van der Waals surface area contributed by atoms with Crippen LogP contribution < -0.4 is 15.3 Å². The molecule has 1 aromatic carbocycles. The number of anilines is 1. The Balaban J connectivity index is 1.96. The fourth-order valence-electron chi connectivity index (χ4n) is 3.62. The molecule has 4 rings (SSSR count). The summed E-state index contributed by atoms with van der Waals surface area (Å²) in [4.78, 5) is 14.5. The number of nitriles is 1. The van der Waals surface area contributed by atoms with E-state index >= 15 is 0 Å². The van der Waals surface area contributed by atoms with Crippen LogP contribution in [0.2, 0.25) is 0 Å². The molecule has 0 amide bonds. The lowest BCUT2D eigenvalue weighted by atomic mass is 9.87. The Kier molecular flexibility index (Phi) is 3.94. The van der Waals surface area contributed by atoms with Gasteiger partial charge in [-0.05, 0) is 30.5 Å². The standard InChI is InChI=1S/C19H18N2O4/c1-23-13-4-2-12-3-5-14-17(21-6-8-24-9-7-21)16(11-20)19(22)25-18(14)15(12)10-13/h2,4,10H,3,5-9H2,1H3. The highest BCUT2D eigenvalue weighted by molar-refractivity contribution is 5.78. The van der Waals surface area contributed by atoms with E-state index in [2.05, 4.69) is 4.90 Å². The van der Waals surface area contributed by atoms with Gasteiger partial charge in [-0.2, -0.15) is 5.26 Å². The summed E-state index contributed by atoms with van der Waals surface area (Å²) in [5.41, 5.74) is 3.14. The molecule has 1 saturated heterocycles. The molecule has 1 fully saturated rings. The zero-order chi connectivity index (χ0) is 17.4. The molecule has 6 heteroatoms. The largest absolute Gasteiger partial charge is 0.497 e. The molecular weight excluding hydrogens is 320 g/mol. The quantitative estimate of drug-likeness (QED) is 0.835. The zero-order valence-electron chi connectivity index (χ0n) is 14.0. The van der Waals surface area contributed by atoms with Gasteiger partial charge in [-0.3, -0.25) is 0 Å². The maximum Gasteiger partial charge on any atom is 0.356 e. The van der Waals surface area contributed by atoms with E-state index in [0.717, 1.165) is 29.5 Å². The maximum atomic E-state index is 12.5. The molecule has 6 nitrogen and oxygen atoms in total. The number of nitrogens with zero attached hydrogens (tertiary/aromatic N) is 2. The van der Waals surface area contributed by atoms with Crippen LogP contribution in [0.3, 0.4) is 0 Å². The Labute approximate surface area is 145 Å². The monoisotopic (exact) mass is 338 g/mol. The molecule has 2 aromatic rings. The molecule has 0 radical (unpaired) electrons. The lowest BCUT2D eigenvalue weighted by Crippen LogP contribution is -2.38. The fraction of sp³-hybridized carbons (Fsp3) is 0.368. The Morgan fingerprint density at radius 2 is 2.04 bits per heavy atom. The van der Waals surface area contributed by atoms with Crippen LogP contribution in [0.15, 0.2) is 27.4 Å². The molecule has 0 N–H and O–H groups in total. The Bertz CT molecular complexity index is 920. The topological polar surface area (TPSA) is 75.7 Å². The molecule has 128 valence electrons. The predicted molar refractivity (Wildman–Crippen MR) is 92.1 cm³/mol. The third-order valence-corrected chi connectivity index (χ3v) is 4.84. The van der Waals surface area contributed by atoms with Crippen LogP contribution in [-0.2, 0) is 17.6 Å². The summed E-state index contributed by atoms with van der Waals surface area (Å²) in [7, 11) is 1.61. The van der Waals surface area contributed by atoms with Crippen LogP contribution in [0, 0.1) is 11.3 Å². The van der Waals surface area contributed by atoms with Crippen molar-refractivity contribution >= 4 is 5.69 Å². The predicted octanol–water partition coefficient (Wildman–Crippen LogP) is 2.12. The summed E-state index contributed by atoms with van der Waals surface area (Å²) in [6.07, 6.45) is 1.57.